The minimum Gasteiger partial charge on any atom is -0.462 e. The Labute approximate surface area is 151 Å². The maximum absolute atomic E-state index is 11.9. The lowest BCUT2D eigenvalue weighted by Gasteiger charge is -2.53. The number of carbonyl (C=O) groups excluding carboxylic acids is 1. The summed E-state index contributed by atoms with van der Waals surface area (Å²) in [7, 11) is 0. The molecule has 0 aromatic heterocycles. The van der Waals surface area contributed by atoms with Crippen LogP contribution >= 0.6 is 0 Å². The van der Waals surface area contributed by atoms with Crippen LogP contribution in [-0.2, 0) is 14.3 Å². The van der Waals surface area contributed by atoms with Crippen LogP contribution in [0.5, 0.6) is 0 Å². The Morgan fingerprint density at radius 1 is 1.24 bits per heavy atom. The number of esters is 1. The maximum atomic E-state index is 11.9. The first-order valence-electron chi connectivity index (χ1n) is 9.98. The first kappa shape index (κ1) is 17.3. The molecule has 0 aromatic rings. The van der Waals surface area contributed by atoms with Crippen LogP contribution in [0.1, 0.15) is 60.3 Å². The zero-order valence-electron chi connectivity index (χ0n) is 16.3. The number of allylic oxidation sites excluding steroid dienone is 3. The lowest BCUT2D eigenvalue weighted by molar-refractivity contribution is -0.158. The fourth-order valence-corrected chi connectivity index (χ4v) is 6.13. The van der Waals surface area contributed by atoms with Gasteiger partial charge in [0, 0.05) is 24.7 Å². The molecule has 7 atom stereocenters. The summed E-state index contributed by atoms with van der Waals surface area (Å²) in [5.41, 5.74) is 4.56. The monoisotopic (exact) mass is 344 g/mol. The van der Waals surface area contributed by atoms with E-state index in [1.54, 1.807) is 11.1 Å². The topological polar surface area (TPSA) is 38.8 Å². The van der Waals surface area contributed by atoms with E-state index in [0.717, 1.165) is 6.42 Å². The van der Waals surface area contributed by atoms with E-state index in [1.165, 1.54) is 31.8 Å². The van der Waals surface area contributed by atoms with Gasteiger partial charge in [-0.15, -0.1) is 0 Å². The van der Waals surface area contributed by atoms with Gasteiger partial charge in [0.25, 0.3) is 0 Å². The second kappa shape index (κ2) is 5.70. The standard InChI is InChI=1S/C22H32O3/c1-11-7-10-16-13(3)20(24-14(4)23)19(21-22(5,6)25-21)17-12(2)8-9-15(11)18(16)17/h11,13,16-17,19-21H,2,7-10H2,1,3-6H3/t11-,13+,16+,17+,19?,20-,21-/m1/s1. The zero-order valence-corrected chi connectivity index (χ0v) is 16.3. The van der Waals surface area contributed by atoms with E-state index in [9.17, 15) is 4.79 Å². The van der Waals surface area contributed by atoms with Crippen molar-refractivity contribution in [2.45, 2.75) is 78.1 Å². The van der Waals surface area contributed by atoms with E-state index in [-0.39, 0.29) is 29.7 Å². The molecule has 1 unspecified atom stereocenters. The summed E-state index contributed by atoms with van der Waals surface area (Å²) < 4.78 is 12.0. The summed E-state index contributed by atoms with van der Waals surface area (Å²) in [4.78, 5) is 11.9. The second-order valence-corrected chi connectivity index (χ2v) is 9.35. The fourth-order valence-electron chi connectivity index (χ4n) is 6.13. The van der Waals surface area contributed by atoms with Gasteiger partial charge >= 0.3 is 5.97 Å². The molecule has 138 valence electrons. The van der Waals surface area contributed by atoms with Gasteiger partial charge in [0.15, 0.2) is 0 Å². The molecule has 0 radical (unpaired) electrons. The van der Waals surface area contributed by atoms with Crippen LogP contribution in [0, 0.1) is 29.6 Å². The molecule has 3 nitrogen and oxygen atoms in total. The quantitative estimate of drug-likeness (QED) is 0.415. The second-order valence-electron chi connectivity index (χ2n) is 9.35. The summed E-state index contributed by atoms with van der Waals surface area (Å²) in [6.07, 6.45) is 4.82. The third-order valence-corrected chi connectivity index (χ3v) is 7.39. The van der Waals surface area contributed by atoms with E-state index in [0.29, 0.717) is 23.7 Å². The SMILES string of the molecule is C=C1CCC2=C3[C@H]1C([C@H]1OC1(C)C)[C@H](OC(C)=O)[C@@H](C)[C@@H]3CC[C@H]2C. The smallest absolute Gasteiger partial charge is 0.302 e. The normalized spacial score (nSPS) is 45.0. The minimum atomic E-state index is -0.168. The zero-order chi connectivity index (χ0) is 18.1. The summed E-state index contributed by atoms with van der Waals surface area (Å²) >= 11 is 0. The van der Waals surface area contributed by atoms with Crippen LogP contribution in [0.3, 0.4) is 0 Å². The largest absolute Gasteiger partial charge is 0.462 e. The van der Waals surface area contributed by atoms with Crippen LogP contribution in [0.15, 0.2) is 23.3 Å². The van der Waals surface area contributed by atoms with Gasteiger partial charge in [-0.25, -0.2) is 0 Å². The summed E-state index contributed by atoms with van der Waals surface area (Å²) in [6.45, 7) is 15.0. The Bertz CT molecular complexity index is 644. The summed E-state index contributed by atoms with van der Waals surface area (Å²) in [6, 6.07) is 0. The number of hydrogen-bond donors (Lipinski definition) is 0. The van der Waals surface area contributed by atoms with Gasteiger partial charge in [-0.1, -0.05) is 37.1 Å². The van der Waals surface area contributed by atoms with Gasteiger partial charge in [-0.3, -0.25) is 4.79 Å². The predicted octanol–water partition coefficient (Wildman–Crippen LogP) is 4.67. The van der Waals surface area contributed by atoms with Crippen molar-refractivity contribution in [3.05, 3.63) is 23.3 Å². The minimum absolute atomic E-state index is 0.0625. The van der Waals surface area contributed by atoms with Gasteiger partial charge in [-0.2, -0.15) is 0 Å². The van der Waals surface area contributed by atoms with Crippen LogP contribution in [0.4, 0.5) is 0 Å². The third-order valence-electron chi connectivity index (χ3n) is 7.39. The first-order valence-corrected chi connectivity index (χ1v) is 9.98. The number of ether oxygens (including phenoxy) is 2. The lowest BCUT2D eigenvalue weighted by atomic mass is 9.53. The molecule has 1 saturated heterocycles. The van der Waals surface area contributed by atoms with Crippen LogP contribution in [0.25, 0.3) is 0 Å². The molecule has 0 spiro atoms. The van der Waals surface area contributed by atoms with Crippen molar-refractivity contribution >= 4 is 5.97 Å². The van der Waals surface area contributed by atoms with E-state index in [4.69, 9.17) is 9.47 Å². The van der Waals surface area contributed by atoms with Gasteiger partial charge < -0.3 is 9.47 Å². The highest BCUT2D eigenvalue weighted by Gasteiger charge is 2.62. The van der Waals surface area contributed by atoms with E-state index < -0.39 is 0 Å². The fraction of sp³-hybridized carbons (Fsp3) is 0.773. The molecule has 25 heavy (non-hydrogen) atoms. The van der Waals surface area contributed by atoms with Crippen molar-refractivity contribution < 1.29 is 14.3 Å². The Balaban J connectivity index is 1.82. The lowest BCUT2D eigenvalue weighted by Crippen LogP contribution is -2.52. The number of rotatable bonds is 2. The summed E-state index contributed by atoms with van der Waals surface area (Å²) in [5.74, 6) is 1.97. The molecule has 4 rings (SSSR count). The Kier molecular flexibility index (Phi) is 3.95. The molecule has 0 aromatic carbocycles. The average molecular weight is 344 g/mol. The molecular formula is C22H32O3. The highest BCUT2D eigenvalue weighted by atomic mass is 16.6. The average Bonchev–Trinajstić information content (AvgIpc) is 3.15. The number of carbonyl (C=O) groups is 1. The van der Waals surface area contributed by atoms with Gasteiger partial charge in [-0.05, 0) is 51.4 Å². The molecular weight excluding hydrogens is 312 g/mol. The first-order chi connectivity index (χ1) is 11.7. The number of hydrogen-bond acceptors (Lipinski definition) is 3. The molecule has 0 N–H and O–H groups in total. The van der Waals surface area contributed by atoms with Crippen molar-refractivity contribution in [2.75, 3.05) is 0 Å². The molecule has 1 saturated carbocycles. The molecule has 1 aliphatic heterocycles. The highest BCUT2D eigenvalue weighted by molar-refractivity contribution is 5.66. The summed E-state index contributed by atoms with van der Waals surface area (Å²) in [5, 5.41) is 0. The molecule has 3 aliphatic carbocycles. The molecule has 4 aliphatic rings. The Morgan fingerprint density at radius 3 is 2.52 bits per heavy atom. The molecule has 1 heterocycles. The predicted molar refractivity (Wildman–Crippen MR) is 97.9 cm³/mol. The molecule has 0 bridgehead atoms. The van der Waals surface area contributed by atoms with E-state index in [1.807, 2.05) is 0 Å². The van der Waals surface area contributed by atoms with Gasteiger partial charge in [0.05, 0.1) is 11.7 Å². The van der Waals surface area contributed by atoms with Gasteiger partial charge in [0.2, 0.25) is 0 Å². The van der Waals surface area contributed by atoms with E-state index in [2.05, 4.69) is 34.3 Å². The van der Waals surface area contributed by atoms with Crippen LogP contribution in [0.2, 0.25) is 0 Å². The number of epoxide rings is 1. The third kappa shape index (κ3) is 2.61. The Hall–Kier alpha value is -1.09. The van der Waals surface area contributed by atoms with Crippen molar-refractivity contribution in [2.24, 2.45) is 29.6 Å². The molecule has 2 fully saturated rings. The van der Waals surface area contributed by atoms with E-state index >= 15 is 0 Å². The van der Waals surface area contributed by atoms with Crippen LogP contribution < -0.4 is 0 Å². The highest BCUT2D eigenvalue weighted by Crippen LogP contribution is 2.60. The Morgan fingerprint density at radius 2 is 1.92 bits per heavy atom. The molecule has 3 heteroatoms. The van der Waals surface area contributed by atoms with Crippen LogP contribution in [-0.4, -0.2) is 23.8 Å². The van der Waals surface area contributed by atoms with Gasteiger partial charge in [0.1, 0.15) is 6.10 Å². The van der Waals surface area contributed by atoms with Crippen molar-refractivity contribution in [3.8, 4) is 0 Å². The maximum Gasteiger partial charge on any atom is 0.302 e. The van der Waals surface area contributed by atoms with Crippen molar-refractivity contribution in [1.82, 2.24) is 0 Å². The van der Waals surface area contributed by atoms with Crippen molar-refractivity contribution in [3.63, 3.8) is 0 Å². The van der Waals surface area contributed by atoms with Crippen molar-refractivity contribution in [1.29, 1.82) is 0 Å². The molecule has 0 amide bonds.